The van der Waals surface area contributed by atoms with Gasteiger partial charge in [0.1, 0.15) is 11.5 Å². The normalized spacial score (nSPS) is 28.6. The minimum atomic E-state index is -0.254. The number of imide groups is 1. The number of furan rings is 1. The van der Waals surface area contributed by atoms with Gasteiger partial charge in [-0.15, -0.1) is 0 Å². The Labute approximate surface area is 167 Å². The van der Waals surface area contributed by atoms with E-state index in [1.165, 1.54) is 6.21 Å². The molecule has 6 rings (SSSR count). The molecule has 2 heterocycles. The molecule has 4 aliphatic rings. The van der Waals surface area contributed by atoms with Crippen LogP contribution in [0.2, 0.25) is 5.02 Å². The van der Waals surface area contributed by atoms with E-state index in [0.29, 0.717) is 16.5 Å². The van der Waals surface area contributed by atoms with Crippen molar-refractivity contribution < 1.29 is 14.0 Å². The number of hydrazone groups is 1. The number of benzene rings is 1. The van der Waals surface area contributed by atoms with Gasteiger partial charge in [0.05, 0.1) is 18.1 Å². The van der Waals surface area contributed by atoms with Crippen LogP contribution in [0.4, 0.5) is 0 Å². The number of allylic oxidation sites excluding steroid dienone is 2. The summed E-state index contributed by atoms with van der Waals surface area (Å²) < 4.78 is 5.80. The van der Waals surface area contributed by atoms with E-state index in [9.17, 15) is 9.59 Å². The standard InChI is InChI=1S/C22H19ClN2O3/c1-12-2-3-15(10-17(12)23)18-9-8-16(28-18)11-24-25-21(26)19-13-4-5-14(7-6-13)20(19)22(25)27/h2-5,8-11,13-14,19-20H,6-7H2,1H3/b24-11-/t13-,14-,19-,20-/m0/s1. The highest BCUT2D eigenvalue weighted by molar-refractivity contribution is 6.31. The van der Waals surface area contributed by atoms with Crippen LogP contribution in [0, 0.1) is 30.6 Å². The van der Waals surface area contributed by atoms with Crippen LogP contribution in [0.15, 0.2) is 52.0 Å². The molecule has 2 aromatic rings. The number of fused-ring (bicyclic) bond motifs is 1. The van der Waals surface area contributed by atoms with Gasteiger partial charge in [-0.25, -0.2) is 0 Å². The molecule has 0 N–H and O–H groups in total. The number of aryl methyl sites for hydroxylation is 1. The second-order valence-corrected chi connectivity index (χ2v) is 8.15. The van der Waals surface area contributed by atoms with Crippen molar-refractivity contribution in [1.82, 2.24) is 5.01 Å². The number of rotatable bonds is 3. The number of hydrogen-bond donors (Lipinski definition) is 0. The lowest BCUT2D eigenvalue weighted by Crippen LogP contribution is -2.38. The quantitative estimate of drug-likeness (QED) is 0.439. The maximum Gasteiger partial charge on any atom is 0.254 e. The summed E-state index contributed by atoms with van der Waals surface area (Å²) >= 11 is 6.18. The highest BCUT2D eigenvalue weighted by atomic mass is 35.5. The highest BCUT2D eigenvalue weighted by Crippen LogP contribution is 2.49. The summed E-state index contributed by atoms with van der Waals surface area (Å²) in [5.41, 5.74) is 1.85. The first kappa shape index (κ1) is 17.4. The van der Waals surface area contributed by atoms with Crippen molar-refractivity contribution >= 4 is 29.6 Å². The van der Waals surface area contributed by atoms with Crippen LogP contribution in [-0.4, -0.2) is 23.0 Å². The van der Waals surface area contributed by atoms with Crippen molar-refractivity contribution in [2.75, 3.05) is 0 Å². The summed E-state index contributed by atoms with van der Waals surface area (Å²) in [6, 6.07) is 9.29. The zero-order valence-electron chi connectivity index (χ0n) is 15.3. The smallest absolute Gasteiger partial charge is 0.254 e. The number of amides is 2. The van der Waals surface area contributed by atoms with Crippen molar-refractivity contribution in [3.05, 3.63) is 58.8 Å². The molecule has 5 nitrogen and oxygen atoms in total. The van der Waals surface area contributed by atoms with Crippen LogP contribution in [0.1, 0.15) is 24.2 Å². The maximum atomic E-state index is 12.8. The molecule has 6 heteroatoms. The molecule has 0 spiro atoms. The Bertz CT molecular complexity index is 1010. The summed E-state index contributed by atoms with van der Waals surface area (Å²) in [6.45, 7) is 1.94. The van der Waals surface area contributed by atoms with E-state index < -0.39 is 0 Å². The van der Waals surface area contributed by atoms with Gasteiger partial charge in [0.25, 0.3) is 11.8 Å². The number of halogens is 1. The van der Waals surface area contributed by atoms with E-state index in [2.05, 4.69) is 17.3 Å². The third-order valence-electron chi connectivity index (χ3n) is 6.12. The van der Waals surface area contributed by atoms with E-state index in [-0.39, 0.29) is 35.5 Å². The predicted octanol–water partition coefficient (Wildman–Crippen LogP) is 4.44. The molecule has 4 atom stereocenters. The Hall–Kier alpha value is -2.66. The van der Waals surface area contributed by atoms with Crippen molar-refractivity contribution in [2.24, 2.45) is 28.8 Å². The van der Waals surface area contributed by atoms with Gasteiger partial charge in [0.15, 0.2) is 0 Å². The molecule has 2 amide bonds. The SMILES string of the molecule is Cc1ccc(-c2ccc(/C=N\N3C(=O)[C@@H]4[C@@H](C3=O)[C@H]3C=C[C@H]4CC3)o2)cc1Cl. The van der Waals surface area contributed by atoms with Crippen molar-refractivity contribution in [3.8, 4) is 11.3 Å². The third kappa shape index (κ3) is 2.65. The Morgan fingerprint density at radius 1 is 1.07 bits per heavy atom. The van der Waals surface area contributed by atoms with E-state index in [1.807, 2.05) is 31.2 Å². The fourth-order valence-corrected chi connectivity index (χ4v) is 4.79. The minimum absolute atomic E-state index is 0.160. The molecule has 2 bridgehead atoms. The van der Waals surface area contributed by atoms with Crippen LogP contribution in [-0.2, 0) is 9.59 Å². The zero-order valence-corrected chi connectivity index (χ0v) is 16.1. The highest BCUT2D eigenvalue weighted by Gasteiger charge is 2.56. The first-order chi connectivity index (χ1) is 13.5. The van der Waals surface area contributed by atoms with Crippen LogP contribution in [0.3, 0.4) is 0 Å². The van der Waals surface area contributed by atoms with Gasteiger partial charge in [-0.1, -0.05) is 35.9 Å². The lowest BCUT2D eigenvalue weighted by atomic mass is 9.63. The molecular formula is C22H19ClN2O3. The van der Waals surface area contributed by atoms with Gasteiger partial charge < -0.3 is 4.42 Å². The van der Waals surface area contributed by atoms with E-state index in [0.717, 1.165) is 29.0 Å². The zero-order chi connectivity index (χ0) is 19.4. The molecule has 0 radical (unpaired) electrons. The molecule has 1 aliphatic heterocycles. The molecule has 1 saturated carbocycles. The molecule has 1 aromatic heterocycles. The maximum absolute atomic E-state index is 12.8. The number of nitrogens with zero attached hydrogens (tertiary/aromatic N) is 2. The average molecular weight is 395 g/mol. The minimum Gasteiger partial charge on any atom is -0.455 e. The second kappa shape index (κ2) is 6.45. The largest absolute Gasteiger partial charge is 0.455 e. The topological polar surface area (TPSA) is 62.9 Å². The number of carbonyl (C=O) groups excluding carboxylic acids is 2. The lowest BCUT2D eigenvalue weighted by Gasteiger charge is -2.37. The number of hydrogen-bond acceptors (Lipinski definition) is 4. The Morgan fingerprint density at radius 3 is 2.36 bits per heavy atom. The second-order valence-electron chi connectivity index (χ2n) is 7.74. The van der Waals surface area contributed by atoms with Crippen LogP contribution in [0.25, 0.3) is 11.3 Å². The fraction of sp³-hybridized carbons (Fsp3) is 0.318. The summed E-state index contributed by atoms with van der Waals surface area (Å²) in [4.78, 5) is 25.5. The summed E-state index contributed by atoms with van der Waals surface area (Å²) in [5, 5.41) is 5.89. The van der Waals surface area contributed by atoms with Crippen LogP contribution in [0.5, 0.6) is 0 Å². The van der Waals surface area contributed by atoms with Gasteiger partial charge in [-0.2, -0.15) is 10.1 Å². The van der Waals surface area contributed by atoms with Gasteiger partial charge in [0.2, 0.25) is 0 Å². The molecule has 142 valence electrons. The summed E-state index contributed by atoms with van der Waals surface area (Å²) in [5.74, 6) is 0.554. The molecule has 3 aliphatic carbocycles. The molecule has 2 fully saturated rings. The first-order valence-corrected chi connectivity index (χ1v) is 9.87. The Balaban J connectivity index is 1.37. The molecule has 28 heavy (non-hydrogen) atoms. The molecule has 1 saturated heterocycles. The van der Waals surface area contributed by atoms with Crippen molar-refractivity contribution in [3.63, 3.8) is 0 Å². The summed E-state index contributed by atoms with van der Waals surface area (Å²) in [6.07, 6.45) is 7.57. The van der Waals surface area contributed by atoms with Crippen LogP contribution < -0.4 is 0 Å². The monoisotopic (exact) mass is 394 g/mol. The number of carbonyl (C=O) groups is 2. The van der Waals surface area contributed by atoms with Gasteiger partial charge in [-0.05, 0) is 55.4 Å². The van der Waals surface area contributed by atoms with Gasteiger partial charge in [-0.3, -0.25) is 9.59 Å². The predicted molar refractivity (Wildman–Crippen MR) is 106 cm³/mol. The Morgan fingerprint density at radius 2 is 1.75 bits per heavy atom. The van der Waals surface area contributed by atoms with Crippen molar-refractivity contribution in [2.45, 2.75) is 19.8 Å². The molecule has 1 aromatic carbocycles. The first-order valence-electron chi connectivity index (χ1n) is 9.49. The van der Waals surface area contributed by atoms with E-state index in [1.54, 1.807) is 6.07 Å². The molecule has 0 unspecified atom stereocenters. The third-order valence-corrected chi connectivity index (χ3v) is 6.53. The van der Waals surface area contributed by atoms with Crippen LogP contribution >= 0.6 is 11.6 Å². The van der Waals surface area contributed by atoms with E-state index in [4.69, 9.17) is 16.0 Å². The van der Waals surface area contributed by atoms with Gasteiger partial charge in [0, 0.05) is 10.6 Å². The average Bonchev–Trinajstić information content (AvgIpc) is 3.28. The van der Waals surface area contributed by atoms with E-state index >= 15 is 0 Å². The fourth-order valence-electron chi connectivity index (χ4n) is 4.61. The Kier molecular flexibility index (Phi) is 4.02. The van der Waals surface area contributed by atoms with Gasteiger partial charge >= 0.3 is 0 Å². The van der Waals surface area contributed by atoms with Crippen molar-refractivity contribution in [1.29, 1.82) is 0 Å². The lowest BCUT2D eigenvalue weighted by molar-refractivity contribution is -0.140. The molecular weight excluding hydrogens is 376 g/mol. The summed E-state index contributed by atoms with van der Waals surface area (Å²) in [7, 11) is 0.